The molecule has 0 atom stereocenters. The Balaban J connectivity index is 1.61. The highest BCUT2D eigenvalue weighted by Crippen LogP contribution is 2.05. The van der Waals surface area contributed by atoms with Gasteiger partial charge in [0.1, 0.15) is 6.61 Å². The molecule has 0 aliphatic carbocycles. The molecule has 0 saturated carbocycles. The van der Waals surface area contributed by atoms with Crippen molar-refractivity contribution in [2.75, 3.05) is 7.05 Å². The molecule has 7 heteroatoms. The first kappa shape index (κ1) is 15.1. The van der Waals surface area contributed by atoms with E-state index in [0.717, 1.165) is 18.4 Å². The fraction of sp³-hybridized carbons (Fsp3) is 0.429. The van der Waals surface area contributed by atoms with E-state index in [4.69, 9.17) is 4.84 Å². The molecule has 0 saturated heterocycles. The molecule has 0 radical (unpaired) electrons. The lowest BCUT2D eigenvalue weighted by Gasteiger charge is -2.16. The highest BCUT2D eigenvalue weighted by atomic mass is 16.7. The first-order valence-electron chi connectivity index (χ1n) is 6.90. The van der Waals surface area contributed by atoms with Crippen LogP contribution in [0, 0.1) is 0 Å². The summed E-state index contributed by atoms with van der Waals surface area (Å²) in [5.41, 5.74) is 1.04. The maximum Gasteiger partial charge on any atom is 0.245 e. The molecule has 0 N–H and O–H groups in total. The molecule has 112 valence electrons. The number of aryl methyl sites for hydroxylation is 1. The van der Waals surface area contributed by atoms with Crippen molar-refractivity contribution in [3.8, 4) is 0 Å². The number of carbonyl (C=O) groups is 1. The molecule has 1 aromatic carbocycles. The van der Waals surface area contributed by atoms with E-state index in [-0.39, 0.29) is 5.91 Å². The van der Waals surface area contributed by atoms with E-state index in [1.807, 2.05) is 30.3 Å². The molecule has 0 bridgehead atoms. The highest BCUT2D eigenvalue weighted by Gasteiger charge is 2.09. The van der Waals surface area contributed by atoms with E-state index < -0.39 is 0 Å². The Morgan fingerprint density at radius 1 is 1.29 bits per heavy atom. The zero-order valence-corrected chi connectivity index (χ0v) is 12.1. The zero-order valence-electron chi connectivity index (χ0n) is 12.1. The first-order valence-corrected chi connectivity index (χ1v) is 6.90. The molecule has 0 aliphatic rings. The zero-order chi connectivity index (χ0) is 14.9. The van der Waals surface area contributed by atoms with Crippen LogP contribution < -0.4 is 0 Å². The lowest BCUT2D eigenvalue weighted by molar-refractivity contribution is -0.182. The Bertz CT molecular complexity index is 530. The standard InChI is InChI=1S/C14H19N5O2/c1-18(21-11-13-7-3-2-4-8-13)14(20)9-5-6-10-19-16-12-15-17-19/h2-4,7-8,12H,5-6,9-11H2,1H3. The summed E-state index contributed by atoms with van der Waals surface area (Å²) in [7, 11) is 1.64. The number of carbonyl (C=O) groups excluding carboxylic acids is 1. The van der Waals surface area contributed by atoms with Crippen LogP contribution in [0.3, 0.4) is 0 Å². The monoisotopic (exact) mass is 289 g/mol. The van der Waals surface area contributed by atoms with Gasteiger partial charge >= 0.3 is 0 Å². The number of nitrogens with zero attached hydrogens (tertiary/aromatic N) is 5. The molecular formula is C14H19N5O2. The van der Waals surface area contributed by atoms with Crippen LogP contribution in [0.1, 0.15) is 24.8 Å². The summed E-state index contributed by atoms with van der Waals surface area (Å²) in [6, 6.07) is 9.76. The van der Waals surface area contributed by atoms with Crippen LogP contribution in [0.2, 0.25) is 0 Å². The summed E-state index contributed by atoms with van der Waals surface area (Å²) < 4.78 is 0. The van der Waals surface area contributed by atoms with Crippen molar-refractivity contribution in [2.45, 2.75) is 32.4 Å². The number of hydroxylamine groups is 2. The van der Waals surface area contributed by atoms with Gasteiger partial charge in [-0.15, -0.1) is 10.2 Å². The number of amides is 1. The molecule has 7 nitrogen and oxygen atoms in total. The molecule has 2 aromatic rings. The van der Waals surface area contributed by atoms with Gasteiger partial charge in [0.15, 0.2) is 6.33 Å². The smallest absolute Gasteiger partial charge is 0.245 e. The fourth-order valence-corrected chi connectivity index (χ4v) is 1.80. The van der Waals surface area contributed by atoms with Crippen LogP contribution in [0.5, 0.6) is 0 Å². The van der Waals surface area contributed by atoms with Gasteiger partial charge in [-0.25, -0.2) is 5.06 Å². The van der Waals surface area contributed by atoms with Gasteiger partial charge in [-0.05, 0) is 23.6 Å². The number of hydrogen-bond acceptors (Lipinski definition) is 5. The highest BCUT2D eigenvalue weighted by molar-refractivity contribution is 5.74. The number of tetrazole rings is 1. The molecule has 0 aliphatic heterocycles. The van der Waals surface area contributed by atoms with Crippen molar-refractivity contribution in [3.05, 3.63) is 42.2 Å². The van der Waals surface area contributed by atoms with Gasteiger partial charge in [0, 0.05) is 13.5 Å². The third-order valence-corrected chi connectivity index (χ3v) is 3.01. The van der Waals surface area contributed by atoms with Crippen LogP contribution in [-0.4, -0.2) is 38.2 Å². The maximum absolute atomic E-state index is 11.9. The van der Waals surface area contributed by atoms with E-state index in [0.29, 0.717) is 19.6 Å². The van der Waals surface area contributed by atoms with E-state index in [1.54, 1.807) is 7.05 Å². The molecule has 0 spiro atoms. The lowest BCUT2D eigenvalue weighted by Crippen LogP contribution is -2.26. The number of rotatable bonds is 8. The molecule has 0 fully saturated rings. The van der Waals surface area contributed by atoms with Gasteiger partial charge in [-0.2, -0.15) is 4.80 Å². The van der Waals surface area contributed by atoms with Crippen molar-refractivity contribution in [2.24, 2.45) is 0 Å². The Labute approximate surface area is 123 Å². The third kappa shape index (κ3) is 5.31. The van der Waals surface area contributed by atoms with Crippen LogP contribution in [0.25, 0.3) is 0 Å². The predicted molar refractivity (Wildman–Crippen MR) is 75.7 cm³/mol. The van der Waals surface area contributed by atoms with E-state index in [2.05, 4.69) is 15.4 Å². The van der Waals surface area contributed by atoms with Gasteiger partial charge in [-0.3, -0.25) is 9.63 Å². The second-order valence-electron chi connectivity index (χ2n) is 4.64. The van der Waals surface area contributed by atoms with Crippen LogP contribution in [0.15, 0.2) is 36.7 Å². The molecule has 1 heterocycles. The molecule has 0 unspecified atom stereocenters. The predicted octanol–water partition coefficient (Wildman–Crippen LogP) is 1.43. The minimum Gasteiger partial charge on any atom is -0.273 e. The number of hydrogen-bond donors (Lipinski definition) is 0. The average molecular weight is 289 g/mol. The third-order valence-electron chi connectivity index (χ3n) is 3.01. The topological polar surface area (TPSA) is 73.1 Å². The van der Waals surface area contributed by atoms with Crippen molar-refractivity contribution in [1.82, 2.24) is 25.3 Å². The van der Waals surface area contributed by atoms with Gasteiger partial charge in [0.25, 0.3) is 0 Å². The largest absolute Gasteiger partial charge is 0.273 e. The Morgan fingerprint density at radius 2 is 2.10 bits per heavy atom. The summed E-state index contributed by atoms with van der Waals surface area (Å²) in [5.74, 6) is -0.0301. The molecular weight excluding hydrogens is 270 g/mol. The Morgan fingerprint density at radius 3 is 2.81 bits per heavy atom. The summed E-state index contributed by atoms with van der Waals surface area (Å²) in [6.45, 7) is 1.06. The van der Waals surface area contributed by atoms with Crippen LogP contribution in [-0.2, 0) is 22.8 Å². The second kappa shape index (κ2) is 8.11. The van der Waals surface area contributed by atoms with E-state index in [9.17, 15) is 4.79 Å². The molecule has 2 rings (SSSR count). The number of benzene rings is 1. The number of unbranched alkanes of at least 4 members (excludes halogenated alkanes) is 1. The van der Waals surface area contributed by atoms with Gasteiger partial charge in [0.05, 0.1) is 6.54 Å². The van der Waals surface area contributed by atoms with Crippen molar-refractivity contribution < 1.29 is 9.63 Å². The summed E-state index contributed by atoms with van der Waals surface area (Å²) in [4.78, 5) is 18.8. The Hall–Kier alpha value is -2.28. The lowest BCUT2D eigenvalue weighted by atomic mass is 10.2. The number of aromatic nitrogens is 4. The second-order valence-corrected chi connectivity index (χ2v) is 4.64. The van der Waals surface area contributed by atoms with Crippen molar-refractivity contribution >= 4 is 5.91 Å². The maximum atomic E-state index is 11.9. The molecule has 1 amide bonds. The van der Waals surface area contributed by atoms with Crippen LogP contribution >= 0.6 is 0 Å². The minimum absolute atomic E-state index is 0.0301. The van der Waals surface area contributed by atoms with E-state index in [1.165, 1.54) is 16.2 Å². The summed E-state index contributed by atoms with van der Waals surface area (Å²) >= 11 is 0. The molecule has 21 heavy (non-hydrogen) atoms. The van der Waals surface area contributed by atoms with Gasteiger partial charge in [-0.1, -0.05) is 30.3 Å². The summed E-state index contributed by atoms with van der Waals surface area (Å²) in [6.07, 6.45) is 3.43. The first-order chi connectivity index (χ1) is 10.3. The average Bonchev–Trinajstić information content (AvgIpc) is 3.03. The normalized spacial score (nSPS) is 10.5. The Kier molecular flexibility index (Phi) is 5.83. The fourth-order valence-electron chi connectivity index (χ4n) is 1.80. The minimum atomic E-state index is -0.0301. The van der Waals surface area contributed by atoms with Crippen LogP contribution in [0.4, 0.5) is 0 Å². The molecule has 1 aromatic heterocycles. The SMILES string of the molecule is CN(OCc1ccccc1)C(=O)CCCCn1ncnn1. The summed E-state index contributed by atoms with van der Waals surface area (Å²) in [5, 5.41) is 12.6. The van der Waals surface area contributed by atoms with Crippen molar-refractivity contribution in [3.63, 3.8) is 0 Å². The van der Waals surface area contributed by atoms with Gasteiger partial charge in [0.2, 0.25) is 5.91 Å². The van der Waals surface area contributed by atoms with Crippen molar-refractivity contribution in [1.29, 1.82) is 0 Å². The quantitative estimate of drug-likeness (QED) is 0.543. The van der Waals surface area contributed by atoms with E-state index >= 15 is 0 Å². The van der Waals surface area contributed by atoms with Gasteiger partial charge < -0.3 is 0 Å².